The molecule has 0 atom stereocenters. The highest BCUT2D eigenvalue weighted by atomic mass is 35.5. The zero-order valence-corrected chi connectivity index (χ0v) is 11.7. The maximum absolute atomic E-state index is 12.8. The highest BCUT2D eigenvalue weighted by molar-refractivity contribution is 7.18. The Morgan fingerprint density at radius 2 is 1.65 bits per heavy atom. The van der Waals surface area contributed by atoms with Crippen molar-refractivity contribution in [3.8, 4) is 10.6 Å². The summed E-state index contributed by atoms with van der Waals surface area (Å²) >= 11 is 7.27. The standard InChI is InChI=1S/C14H9ClFN3S/c15-10-3-1-9(2-4-10)13-18-19-14(20-13)17-12-7-5-11(16)6-8-12/h1-8H,(H,17,19). The summed E-state index contributed by atoms with van der Waals surface area (Å²) in [4.78, 5) is 0. The molecule has 3 nitrogen and oxygen atoms in total. The number of hydrogen-bond donors (Lipinski definition) is 1. The van der Waals surface area contributed by atoms with Crippen LogP contribution < -0.4 is 5.32 Å². The first-order valence-electron chi connectivity index (χ1n) is 5.83. The second-order valence-electron chi connectivity index (χ2n) is 4.05. The molecular weight excluding hydrogens is 297 g/mol. The summed E-state index contributed by atoms with van der Waals surface area (Å²) in [6, 6.07) is 13.5. The van der Waals surface area contributed by atoms with E-state index in [4.69, 9.17) is 11.6 Å². The van der Waals surface area contributed by atoms with Crippen molar-refractivity contribution in [3.63, 3.8) is 0 Å². The fourth-order valence-corrected chi connectivity index (χ4v) is 2.53. The zero-order valence-electron chi connectivity index (χ0n) is 10.2. The minimum atomic E-state index is -0.269. The van der Waals surface area contributed by atoms with E-state index < -0.39 is 0 Å². The molecule has 2 aromatic carbocycles. The summed E-state index contributed by atoms with van der Waals surface area (Å²) in [7, 11) is 0. The molecule has 3 rings (SSSR count). The number of hydrogen-bond acceptors (Lipinski definition) is 4. The van der Waals surface area contributed by atoms with Crippen LogP contribution in [-0.2, 0) is 0 Å². The molecule has 20 heavy (non-hydrogen) atoms. The van der Waals surface area contributed by atoms with Crippen molar-refractivity contribution in [2.45, 2.75) is 0 Å². The van der Waals surface area contributed by atoms with Gasteiger partial charge in [0.05, 0.1) is 0 Å². The van der Waals surface area contributed by atoms with Crippen molar-refractivity contribution in [2.75, 3.05) is 5.32 Å². The minimum Gasteiger partial charge on any atom is -0.330 e. The van der Waals surface area contributed by atoms with Crippen molar-refractivity contribution < 1.29 is 4.39 Å². The molecule has 0 aliphatic rings. The molecule has 0 spiro atoms. The van der Waals surface area contributed by atoms with Crippen molar-refractivity contribution in [2.24, 2.45) is 0 Å². The highest BCUT2D eigenvalue weighted by Crippen LogP contribution is 2.28. The summed E-state index contributed by atoms with van der Waals surface area (Å²) in [6.45, 7) is 0. The van der Waals surface area contributed by atoms with Gasteiger partial charge in [-0.15, -0.1) is 10.2 Å². The summed E-state index contributed by atoms with van der Waals surface area (Å²) in [5.41, 5.74) is 1.73. The van der Waals surface area contributed by atoms with E-state index in [1.54, 1.807) is 12.1 Å². The normalized spacial score (nSPS) is 10.5. The third-order valence-corrected chi connectivity index (χ3v) is 3.75. The Labute approximate surface area is 124 Å². The highest BCUT2D eigenvalue weighted by Gasteiger charge is 2.06. The number of aromatic nitrogens is 2. The van der Waals surface area contributed by atoms with Crippen LogP contribution in [0.5, 0.6) is 0 Å². The third-order valence-electron chi connectivity index (χ3n) is 2.61. The molecule has 0 aliphatic carbocycles. The number of rotatable bonds is 3. The SMILES string of the molecule is Fc1ccc(Nc2nnc(-c3ccc(Cl)cc3)s2)cc1. The lowest BCUT2D eigenvalue weighted by molar-refractivity contribution is 0.628. The molecule has 0 bridgehead atoms. The van der Waals surface area contributed by atoms with E-state index in [-0.39, 0.29) is 5.82 Å². The van der Waals surface area contributed by atoms with E-state index in [1.807, 2.05) is 24.3 Å². The van der Waals surface area contributed by atoms with E-state index >= 15 is 0 Å². The first-order chi connectivity index (χ1) is 9.70. The van der Waals surface area contributed by atoms with Gasteiger partial charge in [-0.3, -0.25) is 0 Å². The molecule has 0 aliphatic heterocycles. The van der Waals surface area contributed by atoms with Gasteiger partial charge >= 0.3 is 0 Å². The van der Waals surface area contributed by atoms with Gasteiger partial charge in [0.1, 0.15) is 10.8 Å². The average Bonchev–Trinajstić information content (AvgIpc) is 2.91. The summed E-state index contributed by atoms with van der Waals surface area (Å²) < 4.78 is 12.8. The van der Waals surface area contributed by atoms with Crippen LogP contribution in [0.4, 0.5) is 15.2 Å². The summed E-state index contributed by atoms with van der Waals surface area (Å²) in [5, 5.41) is 13.4. The van der Waals surface area contributed by atoms with Crippen LogP contribution in [0.25, 0.3) is 10.6 Å². The van der Waals surface area contributed by atoms with Gasteiger partial charge in [-0.05, 0) is 36.4 Å². The second kappa shape index (κ2) is 5.56. The Bertz CT molecular complexity index is 710. The predicted octanol–water partition coefficient (Wildman–Crippen LogP) is 4.74. The maximum atomic E-state index is 12.8. The van der Waals surface area contributed by atoms with Crippen LogP contribution in [0.3, 0.4) is 0 Å². The molecular formula is C14H9ClFN3S. The molecule has 6 heteroatoms. The predicted molar refractivity (Wildman–Crippen MR) is 80.0 cm³/mol. The van der Waals surface area contributed by atoms with Crippen molar-refractivity contribution in [1.29, 1.82) is 0 Å². The number of nitrogens with one attached hydrogen (secondary N) is 1. The fraction of sp³-hybridized carbons (Fsp3) is 0. The van der Waals surface area contributed by atoms with Crippen LogP contribution >= 0.6 is 22.9 Å². The van der Waals surface area contributed by atoms with Gasteiger partial charge in [-0.25, -0.2) is 4.39 Å². The van der Waals surface area contributed by atoms with Gasteiger partial charge < -0.3 is 5.32 Å². The molecule has 3 aromatic rings. The van der Waals surface area contributed by atoms with E-state index in [0.717, 1.165) is 16.3 Å². The molecule has 0 saturated carbocycles. The first kappa shape index (κ1) is 13.0. The quantitative estimate of drug-likeness (QED) is 0.759. The number of benzene rings is 2. The Hall–Kier alpha value is -1.98. The van der Waals surface area contributed by atoms with Gasteiger partial charge in [-0.2, -0.15) is 0 Å². The topological polar surface area (TPSA) is 37.8 Å². The molecule has 0 fully saturated rings. The molecule has 1 heterocycles. The molecule has 0 unspecified atom stereocenters. The zero-order chi connectivity index (χ0) is 13.9. The van der Waals surface area contributed by atoms with Gasteiger partial charge in [0.25, 0.3) is 0 Å². The summed E-state index contributed by atoms with van der Waals surface area (Å²) in [5.74, 6) is -0.269. The van der Waals surface area contributed by atoms with Crippen molar-refractivity contribution in [1.82, 2.24) is 10.2 Å². The summed E-state index contributed by atoms with van der Waals surface area (Å²) in [6.07, 6.45) is 0. The lowest BCUT2D eigenvalue weighted by Crippen LogP contribution is -1.89. The van der Waals surface area contributed by atoms with Crippen LogP contribution in [0.2, 0.25) is 5.02 Å². The number of halogens is 2. The van der Waals surface area contributed by atoms with Gasteiger partial charge in [0.2, 0.25) is 5.13 Å². The molecule has 1 aromatic heterocycles. The van der Waals surface area contributed by atoms with E-state index in [2.05, 4.69) is 15.5 Å². The number of anilines is 2. The number of nitrogens with zero attached hydrogens (tertiary/aromatic N) is 2. The maximum Gasteiger partial charge on any atom is 0.210 e. The van der Waals surface area contributed by atoms with Crippen molar-refractivity contribution >= 4 is 33.8 Å². The fourth-order valence-electron chi connectivity index (χ4n) is 1.64. The lowest BCUT2D eigenvalue weighted by Gasteiger charge is -2.00. The van der Waals surface area contributed by atoms with Gasteiger partial charge in [0, 0.05) is 16.3 Å². The minimum absolute atomic E-state index is 0.269. The Balaban J connectivity index is 1.80. The molecule has 100 valence electrons. The molecule has 1 N–H and O–H groups in total. The third kappa shape index (κ3) is 2.95. The van der Waals surface area contributed by atoms with Crippen LogP contribution in [-0.4, -0.2) is 10.2 Å². The monoisotopic (exact) mass is 305 g/mol. The Kier molecular flexibility index (Phi) is 3.62. The van der Waals surface area contributed by atoms with Crippen LogP contribution in [0.15, 0.2) is 48.5 Å². The van der Waals surface area contributed by atoms with Gasteiger partial charge in [0.15, 0.2) is 0 Å². The first-order valence-corrected chi connectivity index (χ1v) is 7.02. The second-order valence-corrected chi connectivity index (χ2v) is 5.47. The molecule has 0 radical (unpaired) electrons. The van der Waals surface area contributed by atoms with Gasteiger partial charge in [-0.1, -0.05) is 35.1 Å². The Morgan fingerprint density at radius 1 is 0.950 bits per heavy atom. The smallest absolute Gasteiger partial charge is 0.210 e. The van der Waals surface area contributed by atoms with E-state index in [0.29, 0.717) is 10.2 Å². The van der Waals surface area contributed by atoms with E-state index in [1.165, 1.54) is 23.5 Å². The Morgan fingerprint density at radius 3 is 2.35 bits per heavy atom. The molecule has 0 amide bonds. The lowest BCUT2D eigenvalue weighted by atomic mass is 10.2. The molecule has 0 saturated heterocycles. The van der Waals surface area contributed by atoms with Crippen LogP contribution in [0.1, 0.15) is 0 Å². The van der Waals surface area contributed by atoms with E-state index in [9.17, 15) is 4.39 Å². The largest absolute Gasteiger partial charge is 0.330 e. The van der Waals surface area contributed by atoms with Crippen LogP contribution in [0, 0.1) is 5.82 Å². The van der Waals surface area contributed by atoms with Crippen molar-refractivity contribution in [3.05, 3.63) is 59.4 Å². The average molecular weight is 306 g/mol.